The van der Waals surface area contributed by atoms with Crippen LogP contribution in [0, 0.1) is 0 Å². The Kier molecular flexibility index (Phi) is 3.73. The predicted molar refractivity (Wildman–Crippen MR) is 67.7 cm³/mol. The van der Waals surface area contributed by atoms with Crippen molar-refractivity contribution in [2.45, 2.75) is 29.6 Å². The Morgan fingerprint density at radius 3 is 1.72 bits per heavy atom. The summed E-state index contributed by atoms with van der Waals surface area (Å²) >= 11 is 0. The van der Waals surface area contributed by atoms with Crippen LogP contribution in [0.1, 0.15) is 25.3 Å². The first-order valence-corrected chi connectivity index (χ1v) is 8.03. The molecule has 0 spiro atoms. The zero-order chi connectivity index (χ0) is 14.3. The van der Waals surface area contributed by atoms with Crippen LogP contribution >= 0.6 is 0 Å². The summed E-state index contributed by atoms with van der Waals surface area (Å²) in [5, 5.41) is 10.0. The van der Waals surface area contributed by atoms with Crippen molar-refractivity contribution in [3.63, 3.8) is 0 Å². The fraction of sp³-hybridized carbons (Fsp3) is 0.333. The van der Waals surface area contributed by atoms with Gasteiger partial charge in [-0.2, -0.15) is 0 Å². The molecule has 0 aliphatic heterocycles. The zero-order valence-corrected chi connectivity index (χ0v) is 11.5. The third-order valence-electron chi connectivity index (χ3n) is 2.38. The molecule has 0 unspecified atom stereocenters. The van der Waals surface area contributed by atoms with Gasteiger partial charge in [-0.15, -0.1) is 0 Å². The molecule has 0 fully saturated rings. The number of hydrogen-bond acceptors (Lipinski definition) is 5. The second kappa shape index (κ2) is 4.50. The summed E-state index contributed by atoms with van der Waals surface area (Å²) in [7, 11) is -8.16. The van der Waals surface area contributed by atoms with Crippen LogP contribution in [0.15, 0.2) is 21.9 Å². The molecule has 1 rings (SSSR count). The smallest absolute Gasteiger partial charge is 0.240 e. The number of anilines is 1. The van der Waals surface area contributed by atoms with Crippen molar-refractivity contribution in [1.82, 2.24) is 0 Å². The Bertz CT molecular complexity index is 678. The first kappa shape index (κ1) is 14.9. The molecule has 7 nitrogen and oxygen atoms in total. The Morgan fingerprint density at radius 1 is 0.944 bits per heavy atom. The van der Waals surface area contributed by atoms with Gasteiger partial charge in [0.2, 0.25) is 20.0 Å². The molecule has 0 amide bonds. The minimum atomic E-state index is -4.10. The molecule has 6 N–H and O–H groups in total. The van der Waals surface area contributed by atoms with Gasteiger partial charge in [0.15, 0.2) is 0 Å². The molecule has 0 saturated carbocycles. The number of rotatable bonds is 3. The molecule has 0 aromatic heterocycles. The molecule has 0 aliphatic rings. The summed E-state index contributed by atoms with van der Waals surface area (Å²) in [5.41, 5.74) is 5.81. The highest BCUT2D eigenvalue weighted by Crippen LogP contribution is 2.29. The maximum Gasteiger partial charge on any atom is 0.240 e. The van der Waals surface area contributed by atoms with Crippen molar-refractivity contribution in [2.75, 3.05) is 5.73 Å². The Labute approximate surface area is 106 Å². The molecule has 0 radical (unpaired) electrons. The lowest BCUT2D eigenvalue weighted by Crippen LogP contribution is -2.19. The number of primary sulfonamides is 2. The Morgan fingerprint density at radius 2 is 1.39 bits per heavy atom. The van der Waals surface area contributed by atoms with E-state index in [1.807, 2.05) is 0 Å². The van der Waals surface area contributed by atoms with Gasteiger partial charge >= 0.3 is 0 Å². The van der Waals surface area contributed by atoms with Crippen molar-refractivity contribution < 1.29 is 16.8 Å². The Hall–Kier alpha value is -1.16. The van der Waals surface area contributed by atoms with E-state index in [0.29, 0.717) is 5.56 Å². The lowest BCUT2D eigenvalue weighted by atomic mass is 10.0. The minimum absolute atomic E-state index is 0.103. The van der Waals surface area contributed by atoms with Gasteiger partial charge in [0.05, 0.1) is 10.6 Å². The molecule has 18 heavy (non-hydrogen) atoms. The molecule has 0 aliphatic carbocycles. The van der Waals surface area contributed by atoms with E-state index in [4.69, 9.17) is 16.0 Å². The number of nitrogen functional groups attached to an aromatic ring is 1. The van der Waals surface area contributed by atoms with E-state index in [0.717, 1.165) is 6.07 Å². The summed E-state index contributed by atoms with van der Waals surface area (Å²) in [4.78, 5) is -0.730. The van der Waals surface area contributed by atoms with E-state index in [9.17, 15) is 16.8 Å². The summed E-state index contributed by atoms with van der Waals surface area (Å²) in [6.07, 6.45) is 0. The second-order valence-corrected chi connectivity index (χ2v) is 7.23. The van der Waals surface area contributed by atoms with Gasteiger partial charge in [-0.3, -0.25) is 0 Å². The summed E-state index contributed by atoms with van der Waals surface area (Å²) < 4.78 is 45.5. The monoisotopic (exact) mass is 293 g/mol. The molecule has 0 atom stereocenters. The molecular formula is C9H15N3O4S2. The molecule has 1 aromatic carbocycles. The van der Waals surface area contributed by atoms with E-state index < -0.39 is 24.9 Å². The fourth-order valence-electron chi connectivity index (χ4n) is 1.54. The van der Waals surface area contributed by atoms with Crippen LogP contribution in [0.4, 0.5) is 5.69 Å². The van der Waals surface area contributed by atoms with Crippen molar-refractivity contribution in [3.8, 4) is 0 Å². The van der Waals surface area contributed by atoms with Gasteiger partial charge in [0, 0.05) is 0 Å². The van der Waals surface area contributed by atoms with E-state index in [1.54, 1.807) is 13.8 Å². The third-order valence-corrected chi connectivity index (χ3v) is 4.31. The SMILES string of the molecule is CC(C)c1cc(N)c(S(N)(=O)=O)cc1S(N)(=O)=O. The number of benzene rings is 1. The highest BCUT2D eigenvalue weighted by molar-refractivity contribution is 7.90. The van der Waals surface area contributed by atoms with E-state index in [1.165, 1.54) is 6.07 Å². The summed E-state index contributed by atoms with van der Waals surface area (Å²) in [6, 6.07) is 2.17. The quantitative estimate of drug-likeness (QED) is 0.654. The van der Waals surface area contributed by atoms with Crippen LogP contribution in [-0.2, 0) is 20.0 Å². The van der Waals surface area contributed by atoms with Gasteiger partial charge in [-0.25, -0.2) is 27.1 Å². The van der Waals surface area contributed by atoms with Gasteiger partial charge < -0.3 is 5.73 Å². The molecule has 0 bridgehead atoms. The first-order valence-electron chi connectivity index (χ1n) is 4.93. The van der Waals surface area contributed by atoms with Crippen LogP contribution < -0.4 is 16.0 Å². The number of hydrogen-bond donors (Lipinski definition) is 3. The normalized spacial score (nSPS) is 12.9. The van der Waals surface area contributed by atoms with Crippen LogP contribution in [0.3, 0.4) is 0 Å². The van der Waals surface area contributed by atoms with E-state index >= 15 is 0 Å². The largest absolute Gasteiger partial charge is 0.398 e. The summed E-state index contributed by atoms with van der Waals surface area (Å²) in [6.45, 7) is 3.47. The fourth-order valence-corrected chi connectivity index (χ4v) is 3.19. The first-order chi connectivity index (χ1) is 7.94. The average Bonchev–Trinajstić information content (AvgIpc) is 2.12. The van der Waals surface area contributed by atoms with E-state index in [-0.39, 0.29) is 16.5 Å². The van der Waals surface area contributed by atoms with Crippen LogP contribution in [0.2, 0.25) is 0 Å². The minimum Gasteiger partial charge on any atom is -0.398 e. The lowest BCUT2D eigenvalue weighted by Gasteiger charge is -2.14. The van der Waals surface area contributed by atoms with Gasteiger partial charge in [-0.05, 0) is 23.6 Å². The van der Waals surface area contributed by atoms with Gasteiger partial charge in [-0.1, -0.05) is 13.8 Å². The van der Waals surface area contributed by atoms with Crippen LogP contribution in [-0.4, -0.2) is 16.8 Å². The average molecular weight is 293 g/mol. The zero-order valence-electron chi connectivity index (χ0n) is 9.91. The highest BCUT2D eigenvalue weighted by Gasteiger charge is 2.22. The third kappa shape index (κ3) is 2.99. The lowest BCUT2D eigenvalue weighted by molar-refractivity contribution is 0.594. The molecule has 0 saturated heterocycles. The molecule has 1 aromatic rings. The molecule has 0 heterocycles. The van der Waals surface area contributed by atoms with Crippen molar-refractivity contribution in [3.05, 3.63) is 17.7 Å². The topological polar surface area (TPSA) is 146 Å². The van der Waals surface area contributed by atoms with Crippen LogP contribution in [0.25, 0.3) is 0 Å². The van der Waals surface area contributed by atoms with Crippen molar-refractivity contribution in [1.29, 1.82) is 0 Å². The Balaban J connectivity index is 3.79. The van der Waals surface area contributed by atoms with Crippen LogP contribution in [0.5, 0.6) is 0 Å². The number of sulfonamides is 2. The second-order valence-electron chi connectivity index (χ2n) is 4.17. The van der Waals surface area contributed by atoms with Gasteiger partial charge in [0.1, 0.15) is 4.90 Å². The number of nitrogens with two attached hydrogens (primary N) is 3. The highest BCUT2D eigenvalue weighted by atomic mass is 32.2. The molecular weight excluding hydrogens is 278 g/mol. The van der Waals surface area contributed by atoms with Crippen molar-refractivity contribution >= 4 is 25.7 Å². The molecule has 102 valence electrons. The van der Waals surface area contributed by atoms with Crippen molar-refractivity contribution in [2.24, 2.45) is 10.3 Å². The maximum atomic E-state index is 11.4. The van der Waals surface area contributed by atoms with Gasteiger partial charge in [0.25, 0.3) is 0 Å². The maximum absolute atomic E-state index is 11.4. The molecule has 9 heteroatoms. The standard InChI is InChI=1S/C9H15N3O4S2/c1-5(2)6-3-7(10)9(18(12,15)16)4-8(6)17(11,13)14/h3-5H,10H2,1-2H3,(H2,11,13,14)(H2,12,15,16). The van der Waals surface area contributed by atoms with E-state index in [2.05, 4.69) is 0 Å². The summed E-state index contributed by atoms with van der Waals surface area (Å²) in [5.74, 6) is -0.185. The predicted octanol–water partition coefficient (Wildman–Crippen LogP) is -0.313.